The van der Waals surface area contributed by atoms with Crippen molar-refractivity contribution in [1.29, 1.82) is 0 Å². The lowest BCUT2D eigenvalue weighted by Gasteiger charge is -2.09. The largest absolute Gasteiger partial charge is 0.461 e. The molecule has 1 aromatic rings. The standard InChI is InChI=1S/C15H18F2O2/c1-3-5-12-6-8-13(9-7-12)10-11-15(16,17)14(18)19-4-2/h6-11H,3-5H2,1-2H3/b11-10-. The molecule has 1 rings (SSSR count). The summed E-state index contributed by atoms with van der Waals surface area (Å²) >= 11 is 0. The average molecular weight is 268 g/mol. The van der Waals surface area contributed by atoms with Gasteiger partial charge < -0.3 is 4.74 Å². The highest BCUT2D eigenvalue weighted by Crippen LogP contribution is 2.19. The summed E-state index contributed by atoms with van der Waals surface area (Å²) in [4.78, 5) is 11.0. The Labute approximate surface area is 112 Å². The maximum absolute atomic E-state index is 13.3. The number of ether oxygens (including phenoxy) is 1. The number of rotatable bonds is 6. The van der Waals surface area contributed by atoms with Crippen molar-refractivity contribution in [3.8, 4) is 0 Å². The fourth-order valence-corrected chi connectivity index (χ4v) is 1.58. The summed E-state index contributed by atoms with van der Waals surface area (Å²) in [5.41, 5.74) is 1.79. The van der Waals surface area contributed by atoms with E-state index in [1.54, 1.807) is 12.1 Å². The van der Waals surface area contributed by atoms with Crippen molar-refractivity contribution in [3.05, 3.63) is 41.5 Å². The van der Waals surface area contributed by atoms with Crippen molar-refractivity contribution in [2.45, 2.75) is 32.6 Å². The lowest BCUT2D eigenvalue weighted by Crippen LogP contribution is -2.28. The molecule has 4 heteroatoms. The second-order valence-corrected chi connectivity index (χ2v) is 4.17. The average Bonchev–Trinajstić information content (AvgIpc) is 2.39. The van der Waals surface area contributed by atoms with Gasteiger partial charge in [-0.05, 0) is 30.5 Å². The van der Waals surface area contributed by atoms with Gasteiger partial charge in [0.2, 0.25) is 0 Å². The van der Waals surface area contributed by atoms with Crippen LogP contribution in [0.25, 0.3) is 6.08 Å². The number of esters is 1. The van der Waals surface area contributed by atoms with Crippen LogP contribution < -0.4 is 0 Å². The Kier molecular flexibility index (Phi) is 5.67. The van der Waals surface area contributed by atoms with Crippen molar-refractivity contribution in [2.24, 2.45) is 0 Å². The molecule has 0 N–H and O–H groups in total. The Morgan fingerprint density at radius 2 is 1.89 bits per heavy atom. The van der Waals surface area contributed by atoms with Crippen LogP contribution in [0.3, 0.4) is 0 Å². The van der Waals surface area contributed by atoms with Crippen LogP contribution in [0.1, 0.15) is 31.4 Å². The van der Waals surface area contributed by atoms with E-state index >= 15 is 0 Å². The summed E-state index contributed by atoms with van der Waals surface area (Å²) in [5, 5.41) is 0. The number of aryl methyl sites for hydroxylation is 1. The first-order valence-corrected chi connectivity index (χ1v) is 6.32. The van der Waals surface area contributed by atoms with Gasteiger partial charge in [0.1, 0.15) is 0 Å². The van der Waals surface area contributed by atoms with E-state index in [2.05, 4.69) is 11.7 Å². The van der Waals surface area contributed by atoms with Gasteiger partial charge in [0.05, 0.1) is 6.61 Å². The predicted octanol–water partition coefficient (Wildman–Crippen LogP) is 3.85. The normalized spacial score (nSPS) is 11.8. The highest BCUT2D eigenvalue weighted by atomic mass is 19.3. The Hall–Kier alpha value is -1.71. The van der Waals surface area contributed by atoms with Crippen LogP contribution >= 0.6 is 0 Å². The highest BCUT2D eigenvalue weighted by Gasteiger charge is 2.37. The van der Waals surface area contributed by atoms with Crippen LogP contribution in [0.15, 0.2) is 30.3 Å². The van der Waals surface area contributed by atoms with E-state index in [1.807, 2.05) is 12.1 Å². The fraction of sp³-hybridized carbons (Fsp3) is 0.400. The van der Waals surface area contributed by atoms with Crippen LogP contribution in [-0.4, -0.2) is 18.5 Å². The Morgan fingerprint density at radius 3 is 2.42 bits per heavy atom. The highest BCUT2D eigenvalue weighted by molar-refractivity contribution is 5.81. The van der Waals surface area contributed by atoms with Gasteiger partial charge in [0.25, 0.3) is 0 Å². The van der Waals surface area contributed by atoms with Gasteiger partial charge in [-0.25, -0.2) is 4.79 Å². The van der Waals surface area contributed by atoms with Gasteiger partial charge >= 0.3 is 11.9 Å². The van der Waals surface area contributed by atoms with E-state index in [9.17, 15) is 13.6 Å². The van der Waals surface area contributed by atoms with E-state index < -0.39 is 11.9 Å². The van der Waals surface area contributed by atoms with Crippen molar-refractivity contribution >= 4 is 12.0 Å². The molecular weight excluding hydrogens is 250 g/mol. The number of halogens is 2. The molecule has 19 heavy (non-hydrogen) atoms. The molecular formula is C15H18F2O2. The molecule has 1 aromatic carbocycles. The van der Waals surface area contributed by atoms with Gasteiger partial charge in [-0.1, -0.05) is 43.7 Å². The number of carbonyl (C=O) groups is 1. The summed E-state index contributed by atoms with van der Waals surface area (Å²) in [7, 11) is 0. The molecule has 0 fully saturated rings. The monoisotopic (exact) mass is 268 g/mol. The molecule has 0 aromatic heterocycles. The first-order valence-electron chi connectivity index (χ1n) is 6.32. The van der Waals surface area contributed by atoms with Crippen LogP contribution in [0.5, 0.6) is 0 Å². The van der Waals surface area contributed by atoms with E-state index in [0.717, 1.165) is 18.4 Å². The van der Waals surface area contributed by atoms with E-state index in [0.29, 0.717) is 11.6 Å². The minimum absolute atomic E-state index is 0.0615. The van der Waals surface area contributed by atoms with Crippen molar-refractivity contribution in [3.63, 3.8) is 0 Å². The molecule has 0 unspecified atom stereocenters. The molecule has 0 radical (unpaired) electrons. The molecule has 0 saturated carbocycles. The lowest BCUT2D eigenvalue weighted by molar-refractivity contribution is -0.164. The summed E-state index contributed by atoms with van der Waals surface area (Å²) in [6.45, 7) is 3.51. The SMILES string of the molecule is CCCc1ccc(/C=C\C(F)(F)C(=O)OCC)cc1. The zero-order valence-electron chi connectivity index (χ0n) is 11.2. The molecule has 2 nitrogen and oxygen atoms in total. The minimum atomic E-state index is -3.59. The quantitative estimate of drug-likeness (QED) is 0.732. The van der Waals surface area contributed by atoms with E-state index in [-0.39, 0.29) is 6.61 Å². The molecule has 0 bridgehead atoms. The lowest BCUT2D eigenvalue weighted by atomic mass is 10.1. The predicted molar refractivity (Wildman–Crippen MR) is 71.1 cm³/mol. The fourth-order valence-electron chi connectivity index (χ4n) is 1.58. The van der Waals surface area contributed by atoms with Crippen molar-refractivity contribution in [1.82, 2.24) is 0 Å². The molecule has 104 valence electrons. The van der Waals surface area contributed by atoms with Crippen LogP contribution in [0.2, 0.25) is 0 Å². The summed E-state index contributed by atoms with van der Waals surface area (Å²) in [6.07, 6.45) is 3.80. The topological polar surface area (TPSA) is 26.3 Å². The minimum Gasteiger partial charge on any atom is -0.461 e. The number of carbonyl (C=O) groups excluding carboxylic acids is 1. The Balaban J connectivity index is 2.72. The third-order valence-electron chi connectivity index (χ3n) is 2.55. The molecule has 0 aliphatic rings. The third kappa shape index (κ3) is 4.81. The number of benzene rings is 1. The Morgan fingerprint density at radius 1 is 1.26 bits per heavy atom. The first kappa shape index (κ1) is 15.3. The molecule has 0 aliphatic carbocycles. The second kappa shape index (κ2) is 7.02. The molecule has 0 heterocycles. The van der Waals surface area contributed by atoms with Crippen LogP contribution in [0, 0.1) is 0 Å². The van der Waals surface area contributed by atoms with Crippen LogP contribution in [-0.2, 0) is 16.0 Å². The van der Waals surface area contributed by atoms with Crippen molar-refractivity contribution in [2.75, 3.05) is 6.61 Å². The molecule has 0 atom stereocenters. The van der Waals surface area contributed by atoms with Gasteiger partial charge in [-0.15, -0.1) is 0 Å². The maximum atomic E-state index is 13.3. The number of hydrogen-bond donors (Lipinski definition) is 0. The van der Waals surface area contributed by atoms with E-state index in [1.165, 1.54) is 13.0 Å². The number of alkyl halides is 2. The van der Waals surface area contributed by atoms with Gasteiger partial charge in [-0.2, -0.15) is 8.78 Å². The van der Waals surface area contributed by atoms with Gasteiger partial charge in [-0.3, -0.25) is 0 Å². The summed E-state index contributed by atoms with van der Waals surface area (Å²) in [6, 6.07) is 7.29. The number of hydrogen-bond acceptors (Lipinski definition) is 2. The second-order valence-electron chi connectivity index (χ2n) is 4.17. The van der Waals surface area contributed by atoms with Gasteiger partial charge in [0, 0.05) is 0 Å². The summed E-state index contributed by atoms with van der Waals surface area (Å²) < 4.78 is 31.0. The first-order chi connectivity index (χ1) is 8.99. The van der Waals surface area contributed by atoms with Gasteiger partial charge in [0.15, 0.2) is 0 Å². The molecule has 0 saturated heterocycles. The zero-order chi connectivity index (χ0) is 14.3. The molecule has 0 spiro atoms. The maximum Gasteiger partial charge on any atom is 0.381 e. The molecule has 0 aliphatic heterocycles. The smallest absolute Gasteiger partial charge is 0.381 e. The van der Waals surface area contributed by atoms with Crippen LogP contribution in [0.4, 0.5) is 8.78 Å². The zero-order valence-corrected chi connectivity index (χ0v) is 11.2. The van der Waals surface area contributed by atoms with E-state index in [4.69, 9.17) is 0 Å². The molecule has 0 amide bonds. The van der Waals surface area contributed by atoms with Crippen molar-refractivity contribution < 1.29 is 18.3 Å². The third-order valence-corrected chi connectivity index (χ3v) is 2.55. The Bertz CT molecular complexity index is 436. The summed E-state index contributed by atoms with van der Waals surface area (Å²) in [5.74, 6) is -5.10.